The fraction of sp³-hybridized carbons (Fsp3) is 0.250. The zero-order valence-electron chi connectivity index (χ0n) is 14.9. The predicted octanol–water partition coefficient (Wildman–Crippen LogP) is 4.79. The fourth-order valence-corrected chi connectivity index (χ4v) is 4.10. The number of rotatable bonds is 6. The van der Waals surface area contributed by atoms with E-state index in [0.717, 1.165) is 39.9 Å². The molecule has 0 N–H and O–H groups in total. The standard InChI is InChI=1S/C20H19ClN4OS/c1-2-3-12-24-18(26)16-6-4-5-7-17(16)25-19(24)22-23-20(25)27-13-14-8-10-15(21)11-9-14/h4-11H,2-3,12-13H2,1H3. The van der Waals surface area contributed by atoms with Crippen LogP contribution in [0.4, 0.5) is 0 Å². The second-order valence-corrected chi connectivity index (χ2v) is 7.74. The number of aromatic nitrogens is 4. The summed E-state index contributed by atoms with van der Waals surface area (Å²) in [7, 11) is 0. The number of halogens is 1. The van der Waals surface area contributed by atoms with Gasteiger partial charge in [-0.05, 0) is 36.2 Å². The van der Waals surface area contributed by atoms with Crippen LogP contribution < -0.4 is 5.56 Å². The van der Waals surface area contributed by atoms with Crippen LogP contribution in [0, 0.1) is 0 Å². The maximum absolute atomic E-state index is 12.9. The van der Waals surface area contributed by atoms with Crippen molar-refractivity contribution in [2.75, 3.05) is 0 Å². The molecule has 0 amide bonds. The van der Waals surface area contributed by atoms with Crippen LogP contribution in [0.15, 0.2) is 58.5 Å². The van der Waals surface area contributed by atoms with Gasteiger partial charge in [-0.3, -0.25) is 13.8 Å². The van der Waals surface area contributed by atoms with E-state index < -0.39 is 0 Å². The maximum Gasteiger partial charge on any atom is 0.262 e. The summed E-state index contributed by atoms with van der Waals surface area (Å²) >= 11 is 7.56. The van der Waals surface area contributed by atoms with Crippen molar-refractivity contribution in [2.45, 2.75) is 37.2 Å². The first-order valence-corrected chi connectivity index (χ1v) is 10.3. The molecular formula is C20H19ClN4OS. The molecule has 138 valence electrons. The third-order valence-electron chi connectivity index (χ3n) is 4.49. The lowest BCUT2D eigenvalue weighted by atomic mass is 10.2. The summed E-state index contributed by atoms with van der Waals surface area (Å²) in [5, 5.41) is 10.9. The van der Waals surface area contributed by atoms with Crippen molar-refractivity contribution in [3.05, 3.63) is 69.5 Å². The molecule has 4 rings (SSSR count). The van der Waals surface area contributed by atoms with E-state index in [4.69, 9.17) is 11.6 Å². The molecule has 0 unspecified atom stereocenters. The molecule has 4 aromatic rings. The summed E-state index contributed by atoms with van der Waals surface area (Å²) < 4.78 is 3.73. The van der Waals surface area contributed by atoms with Gasteiger partial charge in [-0.2, -0.15) is 0 Å². The second-order valence-electron chi connectivity index (χ2n) is 6.36. The van der Waals surface area contributed by atoms with Gasteiger partial charge in [0.25, 0.3) is 5.56 Å². The number of benzene rings is 2. The Morgan fingerprint density at radius 3 is 2.63 bits per heavy atom. The molecule has 0 atom stereocenters. The van der Waals surface area contributed by atoms with Gasteiger partial charge in [0.05, 0.1) is 10.9 Å². The van der Waals surface area contributed by atoms with Crippen LogP contribution in [-0.4, -0.2) is 19.2 Å². The van der Waals surface area contributed by atoms with Gasteiger partial charge in [0.15, 0.2) is 5.16 Å². The monoisotopic (exact) mass is 398 g/mol. The highest BCUT2D eigenvalue weighted by atomic mass is 35.5. The molecule has 0 bridgehead atoms. The van der Waals surface area contributed by atoms with Gasteiger partial charge in [-0.1, -0.05) is 61.0 Å². The minimum Gasteiger partial charge on any atom is -0.276 e. The fourth-order valence-electron chi connectivity index (χ4n) is 3.07. The highest BCUT2D eigenvalue weighted by Gasteiger charge is 2.16. The number of hydrogen-bond donors (Lipinski definition) is 0. The van der Waals surface area contributed by atoms with Gasteiger partial charge in [-0.15, -0.1) is 10.2 Å². The van der Waals surface area contributed by atoms with Gasteiger partial charge in [0.2, 0.25) is 5.78 Å². The number of aryl methyl sites for hydroxylation is 1. The average molecular weight is 399 g/mol. The van der Waals surface area contributed by atoms with Gasteiger partial charge < -0.3 is 0 Å². The molecule has 27 heavy (non-hydrogen) atoms. The Morgan fingerprint density at radius 2 is 1.85 bits per heavy atom. The van der Waals surface area contributed by atoms with Gasteiger partial charge in [0, 0.05) is 17.3 Å². The Bertz CT molecular complexity index is 1150. The highest BCUT2D eigenvalue weighted by Crippen LogP contribution is 2.25. The number of unbranched alkanes of at least 4 members (excludes halogenated alkanes) is 1. The first-order chi connectivity index (χ1) is 13.2. The zero-order valence-corrected chi connectivity index (χ0v) is 16.5. The van der Waals surface area contributed by atoms with Crippen LogP contribution in [0.5, 0.6) is 0 Å². The molecule has 7 heteroatoms. The van der Waals surface area contributed by atoms with Gasteiger partial charge in [0.1, 0.15) is 0 Å². The van der Waals surface area contributed by atoms with Crippen LogP contribution in [0.3, 0.4) is 0 Å². The van der Waals surface area contributed by atoms with E-state index in [0.29, 0.717) is 17.7 Å². The second kappa shape index (κ2) is 7.74. The third-order valence-corrected chi connectivity index (χ3v) is 5.75. The molecule has 0 radical (unpaired) electrons. The molecule has 0 saturated carbocycles. The van der Waals surface area contributed by atoms with E-state index in [1.807, 2.05) is 52.9 Å². The first-order valence-electron chi connectivity index (χ1n) is 8.93. The minimum absolute atomic E-state index is 0.00630. The number of hydrogen-bond acceptors (Lipinski definition) is 4. The summed E-state index contributed by atoms with van der Waals surface area (Å²) in [6.45, 7) is 2.75. The molecular weight excluding hydrogens is 380 g/mol. The van der Waals surface area contributed by atoms with E-state index in [-0.39, 0.29) is 5.56 Å². The average Bonchev–Trinajstić information content (AvgIpc) is 3.11. The number of nitrogens with zero attached hydrogens (tertiary/aromatic N) is 4. The number of fused-ring (bicyclic) bond motifs is 3. The summed E-state index contributed by atoms with van der Waals surface area (Å²) in [5.74, 6) is 1.35. The predicted molar refractivity (Wildman–Crippen MR) is 111 cm³/mol. The molecule has 2 heterocycles. The molecule has 0 aliphatic carbocycles. The molecule has 0 saturated heterocycles. The molecule has 2 aromatic carbocycles. The molecule has 0 aliphatic rings. The van der Waals surface area contributed by atoms with Crippen LogP contribution >= 0.6 is 23.4 Å². The Balaban J connectivity index is 1.81. The van der Waals surface area contributed by atoms with E-state index in [9.17, 15) is 4.79 Å². The van der Waals surface area contributed by atoms with E-state index in [1.54, 1.807) is 16.3 Å². The van der Waals surface area contributed by atoms with Crippen LogP contribution in [0.1, 0.15) is 25.3 Å². The van der Waals surface area contributed by atoms with Crippen molar-refractivity contribution in [1.29, 1.82) is 0 Å². The van der Waals surface area contributed by atoms with Crippen LogP contribution in [0.2, 0.25) is 5.02 Å². The zero-order chi connectivity index (χ0) is 18.8. The maximum atomic E-state index is 12.9. The van der Waals surface area contributed by atoms with E-state index in [1.165, 1.54) is 0 Å². The molecule has 0 fully saturated rings. The van der Waals surface area contributed by atoms with E-state index in [2.05, 4.69) is 17.1 Å². The van der Waals surface area contributed by atoms with Crippen LogP contribution in [-0.2, 0) is 12.3 Å². The van der Waals surface area contributed by atoms with Gasteiger partial charge >= 0.3 is 0 Å². The van der Waals surface area contributed by atoms with Crippen molar-refractivity contribution in [1.82, 2.24) is 19.2 Å². The van der Waals surface area contributed by atoms with Gasteiger partial charge in [-0.25, -0.2) is 0 Å². The lowest BCUT2D eigenvalue weighted by Gasteiger charge is -2.10. The van der Waals surface area contributed by atoms with E-state index >= 15 is 0 Å². The Labute approximate surface area is 166 Å². The van der Waals surface area contributed by atoms with Crippen molar-refractivity contribution < 1.29 is 0 Å². The number of para-hydroxylation sites is 1. The molecule has 0 aliphatic heterocycles. The molecule has 0 spiro atoms. The van der Waals surface area contributed by atoms with Crippen LogP contribution in [0.25, 0.3) is 16.7 Å². The summed E-state index contributed by atoms with van der Waals surface area (Å²) in [6, 6.07) is 15.4. The lowest BCUT2D eigenvalue weighted by Crippen LogP contribution is -2.23. The van der Waals surface area contributed by atoms with Crippen molar-refractivity contribution in [3.63, 3.8) is 0 Å². The van der Waals surface area contributed by atoms with Crippen molar-refractivity contribution >= 4 is 40.0 Å². The minimum atomic E-state index is -0.00630. The Morgan fingerprint density at radius 1 is 1.07 bits per heavy atom. The summed E-state index contributed by atoms with van der Waals surface area (Å²) in [4.78, 5) is 12.9. The normalized spacial score (nSPS) is 11.5. The highest BCUT2D eigenvalue weighted by molar-refractivity contribution is 7.98. The quantitative estimate of drug-likeness (QED) is 0.438. The topological polar surface area (TPSA) is 52.2 Å². The summed E-state index contributed by atoms with van der Waals surface area (Å²) in [6.07, 6.45) is 1.94. The van der Waals surface area contributed by atoms with Crippen molar-refractivity contribution in [2.24, 2.45) is 0 Å². The smallest absolute Gasteiger partial charge is 0.262 e. The molecule has 2 aromatic heterocycles. The first kappa shape index (κ1) is 18.1. The Kier molecular flexibility index (Phi) is 5.18. The van der Waals surface area contributed by atoms with Crippen molar-refractivity contribution in [3.8, 4) is 0 Å². The Hall–Kier alpha value is -2.31. The SMILES string of the molecule is CCCCn1c(=O)c2ccccc2n2c(SCc3ccc(Cl)cc3)nnc12. The largest absolute Gasteiger partial charge is 0.276 e. The summed E-state index contributed by atoms with van der Waals surface area (Å²) in [5.41, 5.74) is 1.99. The lowest BCUT2D eigenvalue weighted by molar-refractivity contribution is 0.620. The third kappa shape index (κ3) is 3.47. The molecule has 5 nitrogen and oxygen atoms in total. The number of thioether (sulfide) groups is 1.